The first kappa shape index (κ1) is 17.9. The fraction of sp³-hybridized carbons (Fsp3) is 0.562. The van der Waals surface area contributed by atoms with E-state index in [2.05, 4.69) is 32.4 Å². The molecule has 0 unspecified atom stereocenters. The molecule has 0 saturated carbocycles. The van der Waals surface area contributed by atoms with Crippen molar-refractivity contribution in [3.8, 4) is 10.6 Å². The zero-order valence-electron chi connectivity index (χ0n) is 13.0. The van der Waals surface area contributed by atoms with E-state index in [1.54, 1.807) is 22.7 Å². The van der Waals surface area contributed by atoms with Crippen LogP contribution in [-0.2, 0) is 6.54 Å². The molecule has 0 aliphatic carbocycles. The zero-order valence-corrected chi connectivity index (χ0v) is 15.4. The number of rotatable bonds is 6. The molecule has 0 atom stereocenters. The van der Waals surface area contributed by atoms with Crippen molar-refractivity contribution in [3.05, 3.63) is 27.9 Å². The lowest BCUT2D eigenvalue weighted by Gasteiger charge is -2.31. The van der Waals surface area contributed by atoms with E-state index < -0.39 is 0 Å². The number of thiazole rings is 1. The fourth-order valence-corrected chi connectivity index (χ4v) is 4.43. The Morgan fingerprint density at radius 1 is 1.32 bits per heavy atom. The summed E-state index contributed by atoms with van der Waals surface area (Å²) in [5, 5.41) is 10.9. The van der Waals surface area contributed by atoms with Crippen molar-refractivity contribution >= 4 is 35.1 Å². The van der Waals surface area contributed by atoms with Crippen molar-refractivity contribution in [1.82, 2.24) is 15.2 Å². The highest BCUT2D eigenvalue weighted by Crippen LogP contribution is 2.27. The average Bonchev–Trinajstić information content (AvgIpc) is 3.17. The lowest BCUT2D eigenvalue weighted by Crippen LogP contribution is -2.34. The van der Waals surface area contributed by atoms with Crippen molar-refractivity contribution in [2.75, 3.05) is 26.7 Å². The van der Waals surface area contributed by atoms with Gasteiger partial charge in [-0.25, -0.2) is 4.98 Å². The fourth-order valence-electron chi connectivity index (χ4n) is 2.91. The third-order valence-electron chi connectivity index (χ3n) is 4.22. The summed E-state index contributed by atoms with van der Waals surface area (Å²) in [5.74, 6) is 0.908. The molecule has 1 fully saturated rings. The molecule has 3 heterocycles. The SMILES string of the molecule is CNCCC1CCN(Cc2csc(-c3ccsc3)n2)CC1.Cl. The normalized spacial score (nSPS) is 16.6. The first-order valence-electron chi connectivity index (χ1n) is 7.69. The van der Waals surface area contributed by atoms with Gasteiger partial charge in [0.25, 0.3) is 0 Å². The molecule has 122 valence electrons. The average molecular weight is 358 g/mol. The molecule has 1 saturated heterocycles. The molecule has 6 heteroatoms. The van der Waals surface area contributed by atoms with Gasteiger partial charge >= 0.3 is 0 Å². The number of likely N-dealkylation sites (tertiary alicyclic amines) is 1. The van der Waals surface area contributed by atoms with Gasteiger partial charge < -0.3 is 5.32 Å². The molecular weight excluding hydrogens is 334 g/mol. The van der Waals surface area contributed by atoms with E-state index in [0.717, 1.165) is 24.0 Å². The molecule has 1 N–H and O–H groups in total. The summed E-state index contributed by atoms with van der Waals surface area (Å²) in [6, 6.07) is 2.15. The summed E-state index contributed by atoms with van der Waals surface area (Å²) in [6.45, 7) is 4.61. The monoisotopic (exact) mass is 357 g/mol. The highest BCUT2D eigenvalue weighted by molar-refractivity contribution is 7.14. The van der Waals surface area contributed by atoms with Gasteiger partial charge in [0.15, 0.2) is 0 Å². The molecule has 22 heavy (non-hydrogen) atoms. The lowest BCUT2D eigenvalue weighted by molar-refractivity contribution is 0.171. The van der Waals surface area contributed by atoms with E-state index in [-0.39, 0.29) is 12.4 Å². The van der Waals surface area contributed by atoms with Gasteiger partial charge in [0.1, 0.15) is 5.01 Å². The molecule has 1 aliphatic rings. The minimum Gasteiger partial charge on any atom is -0.320 e. The second kappa shape index (κ2) is 8.99. The van der Waals surface area contributed by atoms with Crippen LogP contribution in [0, 0.1) is 5.92 Å². The predicted octanol–water partition coefficient (Wildman–Crippen LogP) is 4.11. The highest BCUT2D eigenvalue weighted by Gasteiger charge is 2.19. The van der Waals surface area contributed by atoms with Gasteiger partial charge in [-0.1, -0.05) is 0 Å². The van der Waals surface area contributed by atoms with Crippen molar-refractivity contribution < 1.29 is 0 Å². The number of hydrogen-bond acceptors (Lipinski definition) is 5. The molecule has 2 aromatic heterocycles. The summed E-state index contributed by atoms with van der Waals surface area (Å²) in [4.78, 5) is 7.35. The number of nitrogens with zero attached hydrogens (tertiary/aromatic N) is 2. The Morgan fingerprint density at radius 2 is 2.14 bits per heavy atom. The van der Waals surface area contributed by atoms with Crippen LogP contribution < -0.4 is 5.32 Å². The van der Waals surface area contributed by atoms with Crippen molar-refractivity contribution in [2.24, 2.45) is 5.92 Å². The second-order valence-corrected chi connectivity index (χ2v) is 7.41. The highest BCUT2D eigenvalue weighted by atomic mass is 35.5. The third kappa shape index (κ3) is 4.77. The van der Waals surface area contributed by atoms with Crippen LogP contribution in [-0.4, -0.2) is 36.6 Å². The van der Waals surface area contributed by atoms with Crippen LogP contribution in [0.1, 0.15) is 25.0 Å². The summed E-state index contributed by atoms with van der Waals surface area (Å²) < 4.78 is 0. The van der Waals surface area contributed by atoms with E-state index in [1.807, 2.05) is 7.05 Å². The van der Waals surface area contributed by atoms with Gasteiger partial charge in [0.05, 0.1) is 5.69 Å². The summed E-state index contributed by atoms with van der Waals surface area (Å²) in [5.41, 5.74) is 2.50. The van der Waals surface area contributed by atoms with E-state index in [9.17, 15) is 0 Å². The summed E-state index contributed by atoms with van der Waals surface area (Å²) >= 11 is 3.51. The standard InChI is InChI=1S/C16H23N3S2.ClH/c1-17-6-2-13-3-7-19(8-4-13)10-15-12-21-16(18-15)14-5-9-20-11-14;/h5,9,11-13,17H,2-4,6-8,10H2,1H3;1H. The molecule has 0 radical (unpaired) electrons. The Bertz CT molecular complexity index is 533. The smallest absolute Gasteiger partial charge is 0.124 e. The Labute approximate surface area is 147 Å². The van der Waals surface area contributed by atoms with Gasteiger partial charge in [-0.2, -0.15) is 11.3 Å². The quantitative estimate of drug-likeness (QED) is 0.843. The van der Waals surface area contributed by atoms with Crippen LogP contribution in [0.4, 0.5) is 0 Å². The van der Waals surface area contributed by atoms with Crippen LogP contribution in [0.25, 0.3) is 10.6 Å². The maximum absolute atomic E-state index is 4.79. The van der Waals surface area contributed by atoms with Crippen LogP contribution in [0.15, 0.2) is 22.2 Å². The number of aromatic nitrogens is 1. The maximum atomic E-state index is 4.79. The van der Waals surface area contributed by atoms with E-state index >= 15 is 0 Å². The van der Waals surface area contributed by atoms with Crippen LogP contribution in [0.2, 0.25) is 0 Å². The Kier molecular flexibility index (Phi) is 7.31. The number of hydrogen-bond donors (Lipinski definition) is 1. The lowest BCUT2D eigenvalue weighted by atomic mass is 9.93. The molecule has 0 bridgehead atoms. The van der Waals surface area contributed by atoms with Crippen molar-refractivity contribution in [2.45, 2.75) is 25.8 Å². The van der Waals surface area contributed by atoms with E-state index in [0.29, 0.717) is 0 Å². The summed E-state index contributed by atoms with van der Waals surface area (Å²) in [6.07, 6.45) is 4.00. The second-order valence-electron chi connectivity index (χ2n) is 5.77. The van der Waals surface area contributed by atoms with Gasteiger partial charge in [-0.3, -0.25) is 4.90 Å². The Hall–Kier alpha value is -0.460. The first-order chi connectivity index (χ1) is 10.3. The topological polar surface area (TPSA) is 28.2 Å². The van der Waals surface area contributed by atoms with Gasteiger partial charge in [0.2, 0.25) is 0 Å². The van der Waals surface area contributed by atoms with Crippen molar-refractivity contribution in [3.63, 3.8) is 0 Å². The van der Waals surface area contributed by atoms with Crippen molar-refractivity contribution in [1.29, 1.82) is 0 Å². The Morgan fingerprint density at radius 3 is 2.82 bits per heavy atom. The zero-order chi connectivity index (χ0) is 14.5. The molecule has 0 spiro atoms. The van der Waals surface area contributed by atoms with Gasteiger partial charge in [-0.05, 0) is 63.3 Å². The minimum absolute atomic E-state index is 0. The number of halogens is 1. The largest absolute Gasteiger partial charge is 0.320 e. The predicted molar refractivity (Wildman–Crippen MR) is 99.2 cm³/mol. The maximum Gasteiger partial charge on any atom is 0.124 e. The van der Waals surface area contributed by atoms with Gasteiger partial charge in [-0.15, -0.1) is 23.7 Å². The van der Waals surface area contributed by atoms with Crippen LogP contribution in [0.3, 0.4) is 0 Å². The van der Waals surface area contributed by atoms with Crippen LogP contribution in [0.5, 0.6) is 0 Å². The van der Waals surface area contributed by atoms with E-state index in [1.165, 1.54) is 43.6 Å². The molecule has 0 aromatic carbocycles. The van der Waals surface area contributed by atoms with E-state index in [4.69, 9.17) is 4.98 Å². The molecule has 3 rings (SSSR count). The Balaban J connectivity index is 0.00000176. The van der Waals surface area contributed by atoms with Crippen LogP contribution >= 0.6 is 35.1 Å². The van der Waals surface area contributed by atoms with Gasteiger partial charge in [0, 0.05) is 22.9 Å². The molecule has 2 aromatic rings. The minimum atomic E-state index is 0. The molecule has 3 nitrogen and oxygen atoms in total. The first-order valence-corrected chi connectivity index (χ1v) is 9.51. The number of thiophene rings is 1. The number of piperidine rings is 1. The molecule has 1 aliphatic heterocycles. The molecular formula is C16H24ClN3S2. The molecule has 0 amide bonds. The number of nitrogens with one attached hydrogen (secondary N) is 1. The summed E-state index contributed by atoms with van der Waals surface area (Å²) in [7, 11) is 2.04. The third-order valence-corrected chi connectivity index (χ3v) is 5.84.